The third-order valence-corrected chi connectivity index (χ3v) is 11.6. The molecular formula is C38H75N7O3S. The minimum Gasteiger partial charge on any atom is -0.315 e. The lowest BCUT2D eigenvalue weighted by Gasteiger charge is -2.26. The second-order valence-corrected chi connectivity index (χ2v) is 17.0. The van der Waals surface area contributed by atoms with Gasteiger partial charge in [-0.05, 0) is 67.4 Å². The molecule has 1 aromatic rings. The normalized spacial score (nSPS) is 14.4. The molecule has 0 bridgehead atoms. The van der Waals surface area contributed by atoms with Gasteiger partial charge in [0.25, 0.3) is 0 Å². The van der Waals surface area contributed by atoms with Crippen LogP contribution in [-0.4, -0.2) is 37.8 Å². The molecule has 286 valence electrons. The number of nitrogens with one attached hydrogen (secondary N) is 2. The minimum atomic E-state index is -4.13. The molecule has 11 heteroatoms. The van der Waals surface area contributed by atoms with Crippen molar-refractivity contribution >= 4 is 21.9 Å². The molecule has 3 atom stereocenters. The number of nitrogens with zero attached hydrogens (tertiary/aromatic N) is 1. The van der Waals surface area contributed by atoms with Crippen LogP contribution >= 0.6 is 0 Å². The maximum Gasteiger partial charge on any atom is 0.333 e. The largest absolute Gasteiger partial charge is 0.333 e. The van der Waals surface area contributed by atoms with Crippen molar-refractivity contribution in [2.24, 2.45) is 46.6 Å². The summed E-state index contributed by atoms with van der Waals surface area (Å²) in [7, 11) is -2.73. The maximum absolute atomic E-state index is 13.0. The number of rotatable bonds is 28. The summed E-state index contributed by atoms with van der Waals surface area (Å²) < 4.78 is 29.2. The fourth-order valence-electron chi connectivity index (χ4n) is 6.60. The molecule has 1 rings (SSSR count). The van der Waals surface area contributed by atoms with Crippen molar-refractivity contribution < 1.29 is 13.2 Å². The average Bonchev–Trinajstić information content (AvgIpc) is 3.01. The van der Waals surface area contributed by atoms with Gasteiger partial charge in [-0.3, -0.25) is 0 Å². The first-order valence-corrected chi connectivity index (χ1v) is 20.8. The van der Waals surface area contributed by atoms with Crippen LogP contribution in [-0.2, 0) is 16.6 Å². The Kier molecular flexibility index (Phi) is 22.6. The van der Waals surface area contributed by atoms with E-state index in [1.54, 1.807) is 0 Å². The van der Waals surface area contributed by atoms with E-state index in [1.165, 1.54) is 64.8 Å². The van der Waals surface area contributed by atoms with E-state index in [9.17, 15) is 13.2 Å². The number of carbonyl (C=O) groups excluding carboxylic acids is 1. The van der Waals surface area contributed by atoms with Gasteiger partial charge in [0.2, 0.25) is 0 Å². The van der Waals surface area contributed by atoms with Gasteiger partial charge in [0, 0.05) is 12.7 Å². The summed E-state index contributed by atoms with van der Waals surface area (Å²) >= 11 is 0. The SMILES string of the molecule is CCCCCCCCC(CCCC(Cc1ccccc1NC(=O)NS(=O)(=O)N(C)C(N)CCCCCCCCC(N)(N)N)C(C)C)C(C)C. The number of benzene rings is 1. The van der Waals surface area contributed by atoms with Crippen LogP contribution in [0.25, 0.3) is 0 Å². The lowest BCUT2D eigenvalue weighted by Crippen LogP contribution is -2.57. The topological polar surface area (TPSA) is 183 Å². The molecule has 10 nitrogen and oxygen atoms in total. The quantitative estimate of drug-likeness (QED) is 0.0377. The third kappa shape index (κ3) is 20.6. The Hall–Kier alpha value is -1.76. The van der Waals surface area contributed by atoms with Gasteiger partial charge in [-0.2, -0.15) is 12.7 Å². The molecule has 0 spiro atoms. The van der Waals surface area contributed by atoms with Gasteiger partial charge in [-0.25, -0.2) is 9.52 Å². The monoisotopic (exact) mass is 710 g/mol. The van der Waals surface area contributed by atoms with Gasteiger partial charge in [0.15, 0.2) is 0 Å². The number of carbonyl (C=O) groups is 1. The lowest BCUT2D eigenvalue weighted by molar-refractivity contribution is 0.255. The van der Waals surface area contributed by atoms with Crippen molar-refractivity contribution in [3.8, 4) is 0 Å². The lowest BCUT2D eigenvalue weighted by atomic mass is 9.81. The fourth-order valence-corrected chi connectivity index (χ4v) is 7.49. The molecule has 0 aromatic heterocycles. The first-order valence-electron chi connectivity index (χ1n) is 19.3. The number of hydrogen-bond donors (Lipinski definition) is 6. The number of amides is 2. The van der Waals surface area contributed by atoms with Crippen molar-refractivity contribution in [1.29, 1.82) is 0 Å². The van der Waals surface area contributed by atoms with Crippen LogP contribution in [0.2, 0.25) is 0 Å². The van der Waals surface area contributed by atoms with Crippen LogP contribution in [0, 0.1) is 23.7 Å². The summed E-state index contributed by atoms with van der Waals surface area (Å²) in [5.74, 6) is 1.30. The molecule has 0 aliphatic rings. The van der Waals surface area contributed by atoms with E-state index in [2.05, 4.69) is 44.7 Å². The van der Waals surface area contributed by atoms with Gasteiger partial charge in [-0.15, -0.1) is 0 Å². The van der Waals surface area contributed by atoms with Gasteiger partial charge >= 0.3 is 16.2 Å². The summed E-state index contributed by atoms with van der Waals surface area (Å²) in [6.45, 7) is 11.5. The van der Waals surface area contributed by atoms with Crippen molar-refractivity contribution in [2.75, 3.05) is 12.4 Å². The highest BCUT2D eigenvalue weighted by atomic mass is 32.2. The standard InChI is InChI=1S/C38H75N7O3S/c1-7-8-9-10-13-16-22-32(30(2)3)24-21-25-33(31(4)5)29-34-23-18-19-26-35(34)43-37(46)44-49(47,48)45(6)36(39)27-17-14-11-12-15-20-28-38(40,41)42/h18-19,23,26,30-33,36H,7-17,20-22,24-25,27-29,39-42H2,1-6H3,(H2,43,44,46). The first kappa shape index (κ1) is 45.3. The van der Waals surface area contributed by atoms with E-state index >= 15 is 0 Å². The number of nitrogens with two attached hydrogens (primary N) is 4. The predicted octanol–water partition coefficient (Wildman–Crippen LogP) is 7.93. The number of para-hydroxylation sites is 1. The molecule has 0 radical (unpaired) electrons. The molecule has 49 heavy (non-hydrogen) atoms. The number of urea groups is 1. The summed E-state index contributed by atoms with van der Waals surface area (Å²) in [6.07, 6.45) is 19.7. The average molecular weight is 710 g/mol. The second-order valence-electron chi connectivity index (χ2n) is 15.3. The van der Waals surface area contributed by atoms with Crippen LogP contribution in [0.4, 0.5) is 10.5 Å². The number of anilines is 1. The van der Waals surface area contributed by atoms with Crippen LogP contribution < -0.4 is 33.0 Å². The molecule has 1 aromatic carbocycles. The Labute approximate surface area is 300 Å². The second kappa shape index (κ2) is 24.4. The zero-order valence-corrected chi connectivity index (χ0v) is 32.8. The molecule has 0 saturated carbocycles. The summed E-state index contributed by atoms with van der Waals surface area (Å²) in [5.41, 5.74) is 24.7. The number of unbranched alkanes of at least 4 members (excludes halogenated alkanes) is 10. The first-order chi connectivity index (χ1) is 23.1. The number of hydrogen-bond acceptors (Lipinski definition) is 7. The Morgan fingerprint density at radius 2 is 1.27 bits per heavy atom. The highest BCUT2D eigenvalue weighted by Gasteiger charge is 2.26. The highest BCUT2D eigenvalue weighted by Crippen LogP contribution is 2.30. The zero-order chi connectivity index (χ0) is 36.9. The van der Waals surface area contributed by atoms with Crippen LogP contribution in [0.5, 0.6) is 0 Å². The molecule has 3 unspecified atom stereocenters. The van der Waals surface area contributed by atoms with Crippen molar-refractivity contribution in [1.82, 2.24) is 9.03 Å². The van der Waals surface area contributed by atoms with Crippen molar-refractivity contribution in [2.45, 2.75) is 169 Å². The van der Waals surface area contributed by atoms with E-state index in [0.717, 1.165) is 67.2 Å². The van der Waals surface area contributed by atoms with Crippen LogP contribution in [0.15, 0.2) is 24.3 Å². The Balaban J connectivity index is 2.62. The molecule has 2 amide bonds. The van der Waals surface area contributed by atoms with Gasteiger partial charge in [0.05, 0.1) is 6.17 Å². The molecule has 0 saturated heterocycles. The zero-order valence-electron chi connectivity index (χ0n) is 32.0. The molecule has 0 aliphatic carbocycles. The minimum absolute atomic E-state index is 0.461. The van der Waals surface area contributed by atoms with Crippen LogP contribution in [0.1, 0.15) is 156 Å². The molecular weight excluding hydrogens is 635 g/mol. The van der Waals surface area contributed by atoms with E-state index in [0.29, 0.717) is 36.3 Å². The Bertz CT molecular complexity index is 1120. The van der Waals surface area contributed by atoms with Crippen molar-refractivity contribution in [3.05, 3.63) is 29.8 Å². The summed E-state index contributed by atoms with van der Waals surface area (Å²) in [5, 5.41) is 2.80. The van der Waals surface area contributed by atoms with E-state index < -0.39 is 28.2 Å². The molecule has 0 fully saturated rings. The van der Waals surface area contributed by atoms with E-state index in [4.69, 9.17) is 22.9 Å². The maximum atomic E-state index is 13.0. The Morgan fingerprint density at radius 3 is 1.86 bits per heavy atom. The summed E-state index contributed by atoms with van der Waals surface area (Å²) in [6, 6.07) is 6.90. The Morgan fingerprint density at radius 1 is 0.755 bits per heavy atom. The molecule has 0 aliphatic heterocycles. The summed E-state index contributed by atoms with van der Waals surface area (Å²) in [4.78, 5) is 13.0. The van der Waals surface area contributed by atoms with E-state index in [-0.39, 0.29) is 0 Å². The van der Waals surface area contributed by atoms with Crippen LogP contribution in [0.3, 0.4) is 0 Å². The fraction of sp³-hybridized carbons (Fsp3) is 0.816. The molecule has 0 heterocycles. The van der Waals surface area contributed by atoms with Crippen molar-refractivity contribution in [3.63, 3.8) is 0 Å². The molecule has 10 N–H and O–H groups in total. The third-order valence-electron chi connectivity index (χ3n) is 10.1. The highest BCUT2D eigenvalue weighted by molar-refractivity contribution is 7.87. The van der Waals surface area contributed by atoms with E-state index in [1.807, 2.05) is 24.3 Å². The van der Waals surface area contributed by atoms with Gasteiger partial charge < -0.3 is 28.3 Å². The predicted molar refractivity (Wildman–Crippen MR) is 208 cm³/mol. The van der Waals surface area contributed by atoms with Gasteiger partial charge in [-0.1, -0.05) is 143 Å². The smallest absolute Gasteiger partial charge is 0.315 e. The van der Waals surface area contributed by atoms with Gasteiger partial charge in [0.1, 0.15) is 5.79 Å².